The summed E-state index contributed by atoms with van der Waals surface area (Å²) in [4.78, 5) is 20.6. The Morgan fingerprint density at radius 1 is 0.963 bits per heavy atom. The van der Waals surface area contributed by atoms with Crippen molar-refractivity contribution in [3.63, 3.8) is 0 Å². The maximum absolute atomic E-state index is 12.3. The molecule has 0 radical (unpaired) electrons. The van der Waals surface area contributed by atoms with E-state index in [0.29, 0.717) is 18.1 Å². The molecule has 1 heterocycles. The van der Waals surface area contributed by atoms with Gasteiger partial charge in [-0.3, -0.25) is 4.79 Å². The fourth-order valence-electron chi connectivity index (χ4n) is 2.71. The van der Waals surface area contributed by atoms with Crippen LogP contribution in [-0.2, 0) is 13.0 Å². The number of aryl methyl sites for hydroxylation is 2. The van der Waals surface area contributed by atoms with Crippen LogP contribution in [0.3, 0.4) is 0 Å². The molecule has 0 aliphatic heterocycles. The zero-order valence-corrected chi connectivity index (χ0v) is 15.5. The van der Waals surface area contributed by atoms with Gasteiger partial charge >= 0.3 is 0 Å². The van der Waals surface area contributed by atoms with Gasteiger partial charge in [0.05, 0.1) is 0 Å². The lowest BCUT2D eigenvalue weighted by atomic mass is 10.1. The largest absolute Gasteiger partial charge is 0.370 e. The van der Waals surface area contributed by atoms with E-state index >= 15 is 0 Å². The SMILES string of the molecule is Cc1ccc(CNC(=O)c2cc(NCCCc3ccccc3)ncn2)cc1. The molecule has 5 heteroatoms. The first-order chi connectivity index (χ1) is 13.2. The molecular formula is C22H24N4O. The van der Waals surface area contributed by atoms with E-state index in [9.17, 15) is 4.79 Å². The van der Waals surface area contributed by atoms with E-state index in [2.05, 4.69) is 44.9 Å². The molecule has 0 aliphatic rings. The number of carbonyl (C=O) groups excluding carboxylic acids is 1. The highest BCUT2D eigenvalue weighted by atomic mass is 16.1. The minimum absolute atomic E-state index is 0.203. The van der Waals surface area contributed by atoms with Crippen molar-refractivity contribution in [2.75, 3.05) is 11.9 Å². The molecule has 0 unspecified atom stereocenters. The molecule has 0 spiro atoms. The second-order valence-corrected chi connectivity index (χ2v) is 6.47. The summed E-state index contributed by atoms with van der Waals surface area (Å²) in [5.74, 6) is 0.462. The van der Waals surface area contributed by atoms with Crippen LogP contribution in [-0.4, -0.2) is 22.4 Å². The predicted molar refractivity (Wildman–Crippen MR) is 108 cm³/mol. The first-order valence-corrected chi connectivity index (χ1v) is 9.14. The molecule has 0 saturated carbocycles. The molecule has 0 aliphatic carbocycles. The van der Waals surface area contributed by atoms with Crippen LogP contribution in [0.15, 0.2) is 67.0 Å². The number of amides is 1. The minimum Gasteiger partial charge on any atom is -0.370 e. The van der Waals surface area contributed by atoms with Crippen LogP contribution in [0, 0.1) is 6.92 Å². The molecule has 27 heavy (non-hydrogen) atoms. The van der Waals surface area contributed by atoms with Crippen molar-refractivity contribution < 1.29 is 4.79 Å². The maximum atomic E-state index is 12.3. The molecule has 1 amide bonds. The van der Waals surface area contributed by atoms with Gasteiger partial charge in [-0.25, -0.2) is 9.97 Å². The van der Waals surface area contributed by atoms with Crippen molar-refractivity contribution in [2.24, 2.45) is 0 Å². The molecule has 138 valence electrons. The third-order valence-corrected chi connectivity index (χ3v) is 4.26. The van der Waals surface area contributed by atoms with Gasteiger partial charge in [0.15, 0.2) is 0 Å². The van der Waals surface area contributed by atoms with Gasteiger partial charge in [-0.05, 0) is 30.9 Å². The highest BCUT2D eigenvalue weighted by Gasteiger charge is 2.08. The summed E-state index contributed by atoms with van der Waals surface area (Å²) in [6.45, 7) is 3.30. The summed E-state index contributed by atoms with van der Waals surface area (Å²) < 4.78 is 0. The number of aromatic nitrogens is 2. The Labute approximate surface area is 159 Å². The van der Waals surface area contributed by atoms with Gasteiger partial charge in [0, 0.05) is 19.2 Å². The van der Waals surface area contributed by atoms with Crippen LogP contribution < -0.4 is 10.6 Å². The topological polar surface area (TPSA) is 66.9 Å². The van der Waals surface area contributed by atoms with Crippen LogP contribution in [0.5, 0.6) is 0 Å². The molecule has 2 N–H and O–H groups in total. The Kier molecular flexibility index (Phi) is 6.52. The predicted octanol–water partition coefficient (Wildman–Crippen LogP) is 3.76. The van der Waals surface area contributed by atoms with Crippen molar-refractivity contribution in [2.45, 2.75) is 26.3 Å². The van der Waals surface area contributed by atoms with Gasteiger partial charge in [-0.15, -0.1) is 0 Å². The fraction of sp³-hybridized carbons (Fsp3) is 0.227. The molecule has 1 aromatic heterocycles. The van der Waals surface area contributed by atoms with E-state index in [1.807, 2.05) is 37.3 Å². The molecule has 2 aromatic carbocycles. The Morgan fingerprint density at radius 2 is 1.74 bits per heavy atom. The van der Waals surface area contributed by atoms with E-state index in [1.54, 1.807) is 6.07 Å². The second kappa shape index (κ2) is 9.48. The van der Waals surface area contributed by atoms with E-state index in [4.69, 9.17) is 0 Å². The third kappa shape index (κ3) is 5.92. The summed E-state index contributed by atoms with van der Waals surface area (Å²) in [6.07, 6.45) is 3.41. The Bertz CT molecular complexity index is 863. The Balaban J connectivity index is 1.47. The van der Waals surface area contributed by atoms with E-state index < -0.39 is 0 Å². The minimum atomic E-state index is -0.203. The van der Waals surface area contributed by atoms with Crippen molar-refractivity contribution in [3.05, 3.63) is 89.4 Å². The Hall–Kier alpha value is -3.21. The number of hydrogen-bond donors (Lipinski definition) is 2. The van der Waals surface area contributed by atoms with E-state index in [1.165, 1.54) is 17.5 Å². The molecular weight excluding hydrogens is 336 g/mol. The summed E-state index contributed by atoms with van der Waals surface area (Å²) in [5, 5.41) is 6.15. The monoisotopic (exact) mass is 360 g/mol. The second-order valence-electron chi connectivity index (χ2n) is 6.47. The average Bonchev–Trinajstić information content (AvgIpc) is 2.71. The normalized spacial score (nSPS) is 10.4. The molecule has 0 bridgehead atoms. The van der Waals surface area contributed by atoms with E-state index in [0.717, 1.165) is 24.9 Å². The lowest BCUT2D eigenvalue weighted by Crippen LogP contribution is -2.24. The molecule has 0 atom stereocenters. The van der Waals surface area contributed by atoms with Crippen LogP contribution in [0.25, 0.3) is 0 Å². The average molecular weight is 360 g/mol. The summed E-state index contributed by atoms with van der Waals surface area (Å²) in [7, 11) is 0. The van der Waals surface area contributed by atoms with Gasteiger partial charge < -0.3 is 10.6 Å². The quantitative estimate of drug-likeness (QED) is 0.600. The number of anilines is 1. The first-order valence-electron chi connectivity index (χ1n) is 9.14. The summed E-state index contributed by atoms with van der Waals surface area (Å²) >= 11 is 0. The fourth-order valence-corrected chi connectivity index (χ4v) is 2.71. The number of carbonyl (C=O) groups is 1. The van der Waals surface area contributed by atoms with Crippen molar-refractivity contribution in [3.8, 4) is 0 Å². The van der Waals surface area contributed by atoms with Crippen molar-refractivity contribution in [1.29, 1.82) is 0 Å². The molecule has 3 aromatic rings. The third-order valence-electron chi connectivity index (χ3n) is 4.26. The molecule has 0 fully saturated rings. The maximum Gasteiger partial charge on any atom is 0.270 e. The van der Waals surface area contributed by atoms with Gasteiger partial charge in [0.25, 0.3) is 5.91 Å². The van der Waals surface area contributed by atoms with Crippen LogP contribution >= 0.6 is 0 Å². The number of nitrogens with zero attached hydrogens (tertiary/aromatic N) is 2. The zero-order chi connectivity index (χ0) is 18.9. The van der Waals surface area contributed by atoms with Crippen LogP contribution in [0.1, 0.15) is 33.6 Å². The van der Waals surface area contributed by atoms with Crippen molar-refractivity contribution >= 4 is 11.7 Å². The lowest BCUT2D eigenvalue weighted by molar-refractivity contribution is 0.0946. The zero-order valence-electron chi connectivity index (χ0n) is 15.5. The number of nitrogens with one attached hydrogen (secondary N) is 2. The van der Waals surface area contributed by atoms with Gasteiger partial charge in [-0.2, -0.15) is 0 Å². The molecule has 3 rings (SSSR count). The molecule has 0 saturated heterocycles. The van der Waals surface area contributed by atoms with Crippen LogP contribution in [0.2, 0.25) is 0 Å². The summed E-state index contributed by atoms with van der Waals surface area (Å²) in [6, 6.07) is 20.1. The molecule has 5 nitrogen and oxygen atoms in total. The Morgan fingerprint density at radius 3 is 2.52 bits per heavy atom. The van der Waals surface area contributed by atoms with E-state index in [-0.39, 0.29) is 5.91 Å². The van der Waals surface area contributed by atoms with Gasteiger partial charge in [0.2, 0.25) is 0 Å². The van der Waals surface area contributed by atoms with Crippen molar-refractivity contribution in [1.82, 2.24) is 15.3 Å². The lowest BCUT2D eigenvalue weighted by Gasteiger charge is -2.08. The van der Waals surface area contributed by atoms with Crippen LogP contribution in [0.4, 0.5) is 5.82 Å². The standard InChI is InChI=1S/C22H24N4O/c1-17-9-11-19(12-10-17)15-24-22(27)20-14-21(26-16-25-20)23-13-5-8-18-6-3-2-4-7-18/h2-4,6-7,9-12,14,16H,5,8,13,15H2,1H3,(H,24,27)(H,23,25,26). The number of benzene rings is 2. The highest BCUT2D eigenvalue weighted by molar-refractivity contribution is 5.92. The smallest absolute Gasteiger partial charge is 0.270 e. The highest BCUT2D eigenvalue weighted by Crippen LogP contribution is 2.07. The first kappa shape index (κ1) is 18.6. The summed E-state index contributed by atoms with van der Waals surface area (Å²) in [5.41, 5.74) is 3.94. The number of rotatable bonds is 8. The van der Waals surface area contributed by atoms with Gasteiger partial charge in [0.1, 0.15) is 17.8 Å². The number of hydrogen-bond acceptors (Lipinski definition) is 4. The van der Waals surface area contributed by atoms with Gasteiger partial charge in [-0.1, -0.05) is 60.2 Å².